The van der Waals surface area contributed by atoms with Crippen LogP contribution in [0.25, 0.3) is 0 Å². The van der Waals surface area contributed by atoms with Crippen LogP contribution in [-0.2, 0) is 14.3 Å². The van der Waals surface area contributed by atoms with E-state index in [0.717, 1.165) is 25.1 Å². The molecular weight excluding hydrogens is 283 g/mol. The topological polar surface area (TPSA) is 43.4 Å². The highest BCUT2D eigenvalue weighted by molar-refractivity contribution is 7.87. The van der Waals surface area contributed by atoms with Gasteiger partial charge in [-0.1, -0.05) is 6.07 Å². The van der Waals surface area contributed by atoms with E-state index in [1.54, 1.807) is 0 Å². The van der Waals surface area contributed by atoms with Crippen molar-refractivity contribution in [3.63, 3.8) is 0 Å². The summed E-state index contributed by atoms with van der Waals surface area (Å²) in [6.45, 7) is 0.796. The van der Waals surface area contributed by atoms with Crippen molar-refractivity contribution in [1.82, 2.24) is 0 Å². The Hall–Kier alpha value is -1.22. The van der Waals surface area contributed by atoms with Crippen LogP contribution in [0.5, 0.6) is 0 Å². The van der Waals surface area contributed by atoms with E-state index in [1.165, 1.54) is 0 Å². The average Bonchev–Trinajstić information content (AvgIpc) is 2.14. The van der Waals surface area contributed by atoms with Crippen molar-refractivity contribution < 1.29 is 34.6 Å². The van der Waals surface area contributed by atoms with Crippen LogP contribution in [-0.4, -0.2) is 13.9 Å². The molecule has 0 saturated carbocycles. The van der Waals surface area contributed by atoms with Crippen LogP contribution in [0.4, 0.5) is 22.0 Å². The fourth-order valence-corrected chi connectivity index (χ4v) is 1.78. The molecule has 0 aliphatic rings. The molecular formula is C9H7F5O3S. The van der Waals surface area contributed by atoms with Crippen LogP contribution in [0, 0.1) is 11.6 Å². The zero-order chi connectivity index (χ0) is 14.1. The molecule has 0 aromatic heterocycles. The number of benzene rings is 1. The highest BCUT2D eigenvalue weighted by Crippen LogP contribution is 2.31. The van der Waals surface area contributed by atoms with Gasteiger partial charge in [-0.25, -0.2) is 8.78 Å². The van der Waals surface area contributed by atoms with Gasteiger partial charge in [0.1, 0.15) is 17.7 Å². The second-order valence-electron chi connectivity index (χ2n) is 3.27. The minimum absolute atomic E-state index is 0.776. The van der Waals surface area contributed by atoms with Gasteiger partial charge in [0.05, 0.1) is 5.56 Å². The molecule has 1 aromatic rings. The van der Waals surface area contributed by atoms with E-state index in [9.17, 15) is 30.4 Å². The number of hydrogen-bond donors (Lipinski definition) is 0. The van der Waals surface area contributed by atoms with E-state index < -0.39 is 38.9 Å². The number of rotatable bonds is 3. The summed E-state index contributed by atoms with van der Waals surface area (Å²) in [5.74, 6) is -2.39. The molecule has 3 nitrogen and oxygen atoms in total. The van der Waals surface area contributed by atoms with Gasteiger partial charge in [0.2, 0.25) is 0 Å². The van der Waals surface area contributed by atoms with Gasteiger partial charge >= 0.3 is 15.6 Å². The van der Waals surface area contributed by atoms with Gasteiger partial charge in [-0.15, -0.1) is 0 Å². The first-order valence-electron chi connectivity index (χ1n) is 4.49. The number of halogens is 5. The van der Waals surface area contributed by atoms with Crippen LogP contribution < -0.4 is 0 Å². The predicted molar refractivity (Wildman–Crippen MR) is 50.8 cm³/mol. The Labute approximate surface area is 99.3 Å². The molecule has 9 heteroatoms. The second-order valence-corrected chi connectivity index (χ2v) is 4.84. The first kappa shape index (κ1) is 14.8. The maximum atomic E-state index is 13.2. The molecule has 0 saturated heterocycles. The Kier molecular flexibility index (Phi) is 3.96. The average molecular weight is 290 g/mol. The fourth-order valence-electron chi connectivity index (χ4n) is 1.19. The van der Waals surface area contributed by atoms with E-state index in [-0.39, 0.29) is 0 Å². The molecule has 0 radical (unpaired) electrons. The quantitative estimate of drug-likeness (QED) is 0.488. The van der Waals surface area contributed by atoms with Crippen LogP contribution in [0.3, 0.4) is 0 Å². The van der Waals surface area contributed by atoms with Gasteiger partial charge in [0.25, 0.3) is 0 Å². The first-order chi connectivity index (χ1) is 8.06. The summed E-state index contributed by atoms with van der Waals surface area (Å²) in [5, 5.41) is 0. The van der Waals surface area contributed by atoms with E-state index in [2.05, 4.69) is 4.18 Å². The van der Waals surface area contributed by atoms with Gasteiger partial charge in [0, 0.05) is 0 Å². The number of alkyl halides is 3. The summed E-state index contributed by atoms with van der Waals surface area (Å²) in [5.41, 5.74) is -6.53. The molecule has 1 aromatic carbocycles. The summed E-state index contributed by atoms with van der Waals surface area (Å²) >= 11 is 0. The molecule has 0 amide bonds. The Morgan fingerprint density at radius 2 is 1.61 bits per heavy atom. The summed E-state index contributed by atoms with van der Waals surface area (Å²) in [7, 11) is -5.91. The first-order valence-corrected chi connectivity index (χ1v) is 5.90. The molecule has 1 unspecified atom stereocenters. The van der Waals surface area contributed by atoms with Crippen molar-refractivity contribution in [1.29, 1.82) is 0 Å². The van der Waals surface area contributed by atoms with Gasteiger partial charge < -0.3 is 0 Å². The highest BCUT2D eigenvalue weighted by atomic mass is 32.2. The zero-order valence-corrected chi connectivity index (χ0v) is 9.65. The minimum Gasteiger partial charge on any atom is -0.255 e. The Morgan fingerprint density at radius 3 is 2.00 bits per heavy atom. The molecule has 0 fully saturated rings. The van der Waals surface area contributed by atoms with Gasteiger partial charge in [-0.3, -0.25) is 4.18 Å². The van der Waals surface area contributed by atoms with Crippen molar-refractivity contribution in [2.24, 2.45) is 0 Å². The fraction of sp³-hybridized carbons (Fsp3) is 0.333. The Bertz CT molecular complexity index is 517. The third-order valence-electron chi connectivity index (χ3n) is 1.96. The van der Waals surface area contributed by atoms with E-state index in [1.807, 2.05) is 0 Å². The zero-order valence-electron chi connectivity index (χ0n) is 8.83. The maximum absolute atomic E-state index is 13.2. The lowest BCUT2D eigenvalue weighted by Gasteiger charge is -2.15. The van der Waals surface area contributed by atoms with Crippen LogP contribution in [0.1, 0.15) is 18.6 Å². The van der Waals surface area contributed by atoms with E-state index >= 15 is 0 Å². The lowest BCUT2D eigenvalue weighted by molar-refractivity contribution is -0.0571. The van der Waals surface area contributed by atoms with Crippen LogP contribution in [0.15, 0.2) is 18.2 Å². The van der Waals surface area contributed by atoms with Gasteiger partial charge in [0.15, 0.2) is 0 Å². The van der Waals surface area contributed by atoms with E-state index in [4.69, 9.17) is 0 Å². The summed E-state index contributed by atoms with van der Waals surface area (Å²) in [4.78, 5) is 0. The Morgan fingerprint density at radius 1 is 1.17 bits per heavy atom. The predicted octanol–water partition coefficient (Wildman–Crippen LogP) is 2.89. The molecule has 0 aliphatic heterocycles. The molecule has 1 atom stereocenters. The van der Waals surface area contributed by atoms with Crippen LogP contribution >= 0.6 is 0 Å². The minimum atomic E-state index is -5.91. The maximum Gasteiger partial charge on any atom is 0.523 e. The summed E-state index contributed by atoms with van der Waals surface area (Å²) in [6, 6.07) is 2.54. The SMILES string of the molecule is CC(OS(=O)(=O)C(F)(F)F)c1c(F)cccc1F. The molecule has 0 aliphatic carbocycles. The van der Waals surface area contributed by atoms with Crippen molar-refractivity contribution >= 4 is 10.1 Å². The van der Waals surface area contributed by atoms with Crippen molar-refractivity contribution in [2.75, 3.05) is 0 Å². The molecule has 0 bridgehead atoms. The molecule has 0 N–H and O–H groups in total. The van der Waals surface area contributed by atoms with Gasteiger partial charge in [-0.2, -0.15) is 21.6 Å². The molecule has 0 spiro atoms. The smallest absolute Gasteiger partial charge is 0.255 e. The third-order valence-corrected chi connectivity index (χ3v) is 3.07. The lowest BCUT2D eigenvalue weighted by atomic mass is 10.1. The normalized spacial score (nSPS) is 14.6. The summed E-state index contributed by atoms with van der Waals surface area (Å²) in [6.07, 6.45) is -1.93. The lowest BCUT2D eigenvalue weighted by Crippen LogP contribution is -2.27. The summed E-state index contributed by atoms with van der Waals surface area (Å²) < 4.78 is 87.4. The number of hydrogen-bond acceptors (Lipinski definition) is 3. The second kappa shape index (κ2) is 4.81. The highest BCUT2D eigenvalue weighted by Gasteiger charge is 2.48. The Balaban J connectivity index is 3.08. The van der Waals surface area contributed by atoms with Crippen molar-refractivity contribution in [3.8, 4) is 0 Å². The van der Waals surface area contributed by atoms with Crippen LogP contribution in [0.2, 0.25) is 0 Å². The van der Waals surface area contributed by atoms with Gasteiger partial charge in [-0.05, 0) is 19.1 Å². The largest absolute Gasteiger partial charge is 0.523 e. The van der Waals surface area contributed by atoms with Crippen molar-refractivity contribution in [3.05, 3.63) is 35.4 Å². The molecule has 18 heavy (non-hydrogen) atoms. The van der Waals surface area contributed by atoms with E-state index in [0.29, 0.717) is 0 Å². The third kappa shape index (κ3) is 2.96. The standard InChI is InChI=1S/C9H7F5O3S/c1-5(17-18(15,16)9(12,13)14)8-6(10)3-2-4-7(8)11/h2-5H,1H3. The van der Waals surface area contributed by atoms with Crippen molar-refractivity contribution in [2.45, 2.75) is 18.5 Å². The molecule has 0 heterocycles. The molecule has 102 valence electrons. The molecule has 1 rings (SSSR count). The monoisotopic (exact) mass is 290 g/mol.